The van der Waals surface area contributed by atoms with Crippen LogP contribution in [0.3, 0.4) is 0 Å². The zero-order valence-electron chi connectivity index (χ0n) is 16.5. The first kappa shape index (κ1) is 19.3. The number of thiophene rings is 1. The molecule has 1 aromatic carbocycles. The third-order valence-corrected chi connectivity index (χ3v) is 9.44. The van der Waals surface area contributed by atoms with Crippen LogP contribution in [0, 0.1) is 0 Å². The standard InChI is InChI=1S/C22H26N2O3S2/c25-22(24-12-10-23(11-13-24)17-6-2-1-3-7-17)19-14-16-15-29(26,27)20-9-5-4-8-18(20)21(16)28-19/h4-5,8-9,14,17H,1-3,6-7,10-13,15H2. The molecule has 29 heavy (non-hydrogen) atoms. The Bertz CT molecular complexity index is 1030. The topological polar surface area (TPSA) is 57.7 Å². The Hall–Kier alpha value is -1.70. The van der Waals surface area contributed by atoms with Crippen molar-refractivity contribution in [2.24, 2.45) is 0 Å². The summed E-state index contributed by atoms with van der Waals surface area (Å²) in [5.74, 6) is 0.0288. The molecule has 154 valence electrons. The lowest BCUT2D eigenvalue weighted by atomic mass is 9.94. The van der Waals surface area contributed by atoms with Gasteiger partial charge >= 0.3 is 0 Å². The minimum absolute atomic E-state index is 0.0153. The summed E-state index contributed by atoms with van der Waals surface area (Å²) < 4.78 is 25.2. The highest BCUT2D eigenvalue weighted by molar-refractivity contribution is 7.91. The number of nitrogens with zero attached hydrogens (tertiary/aromatic N) is 2. The van der Waals surface area contributed by atoms with Gasteiger partial charge in [0.05, 0.1) is 15.5 Å². The Balaban J connectivity index is 1.33. The molecule has 0 spiro atoms. The van der Waals surface area contributed by atoms with Crippen molar-refractivity contribution >= 4 is 27.1 Å². The summed E-state index contributed by atoms with van der Waals surface area (Å²) in [5.41, 5.74) is 1.50. The average Bonchev–Trinajstić information content (AvgIpc) is 3.17. The average molecular weight is 431 g/mol. The number of hydrogen-bond acceptors (Lipinski definition) is 5. The van der Waals surface area contributed by atoms with E-state index in [1.54, 1.807) is 12.1 Å². The van der Waals surface area contributed by atoms with Crippen molar-refractivity contribution in [3.8, 4) is 10.4 Å². The van der Waals surface area contributed by atoms with E-state index < -0.39 is 9.84 Å². The van der Waals surface area contributed by atoms with Crippen molar-refractivity contribution < 1.29 is 13.2 Å². The summed E-state index contributed by atoms with van der Waals surface area (Å²) in [5, 5.41) is 0. The molecule has 0 unspecified atom stereocenters. The molecule has 0 radical (unpaired) electrons. The Morgan fingerprint density at radius 2 is 1.72 bits per heavy atom. The predicted octanol–water partition coefficient (Wildman–Crippen LogP) is 3.79. The predicted molar refractivity (Wildman–Crippen MR) is 115 cm³/mol. The Labute approximate surface area is 176 Å². The maximum Gasteiger partial charge on any atom is 0.264 e. The van der Waals surface area contributed by atoms with Crippen molar-refractivity contribution in [1.82, 2.24) is 9.80 Å². The minimum Gasteiger partial charge on any atom is -0.335 e. The van der Waals surface area contributed by atoms with E-state index in [0.717, 1.165) is 42.2 Å². The van der Waals surface area contributed by atoms with Crippen molar-refractivity contribution in [3.63, 3.8) is 0 Å². The maximum absolute atomic E-state index is 13.1. The van der Waals surface area contributed by atoms with Gasteiger partial charge in [-0.15, -0.1) is 11.3 Å². The number of amides is 1. The van der Waals surface area contributed by atoms with Crippen molar-refractivity contribution in [3.05, 3.63) is 40.8 Å². The van der Waals surface area contributed by atoms with Crippen LogP contribution in [-0.2, 0) is 15.6 Å². The number of fused-ring (bicyclic) bond motifs is 3. The molecule has 0 atom stereocenters. The lowest BCUT2D eigenvalue weighted by Gasteiger charge is -2.40. The number of carbonyl (C=O) groups is 1. The van der Waals surface area contributed by atoms with Crippen LogP contribution in [-0.4, -0.2) is 56.3 Å². The fourth-order valence-electron chi connectivity index (χ4n) is 4.97. The number of hydrogen-bond donors (Lipinski definition) is 0. The second kappa shape index (κ2) is 7.52. The zero-order valence-corrected chi connectivity index (χ0v) is 18.1. The van der Waals surface area contributed by atoms with E-state index in [0.29, 0.717) is 15.8 Å². The molecule has 1 saturated heterocycles. The lowest BCUT2D eigenvalue weighted by Crippen LogP contribution is -2.52. The summed E-state index contributed by atoms with van der Waals surface area (Å²) in [4.78, 5) is 19.6. The van der Waals surface area contributed by atoms with Crippen LogP contribution in [0.2, 0.25) is 0 Å². The molecule has 0 bridgehead atoms. The van der Waals surface area contributed by atoms with E-state index in [1.807, 2.05) is 23.1 Å². The summed E-state index contributed by atoms with van der Waals surface area (Å²) >= 11 is 1.44. The first-order chi connectivity index (χ1) is 14.0. The third-order valence-electron chi connectivity index (χ3n) is 6.52. The van der Waals surface area contributed by atoms with E-state index in [2.05, 4.69) is 4.90 Å². The summed E-state index contributed by atoms with van der Waals surface area (Å²) in [6.45, 7) is 3.40. The first-order valence-electron chi connectivity index (χ1n) is 10.5. The van der Waals surface area contributed by atoms with Crippen LogP contribution >= 0.6 is 11.3 Å². The number of sulfone groups is 1. The van der Waals surface area contributed by atoms with Gasteiger partial charge in [-0.2, -0.15) is 0 Å². The Morgan fingerprint density at radius 1 is 1.00 bits per heavy atom. The largest absolute Gasteiger partial charge is 0.335 e. The van der Waals surface area contributed by atoms with Gasteiger partial charge in [0.15, 0.2) is 9.84 Å². The number of piperazine rings is 1. The molecule has 1 aliphatic carbocycles. The van der Waals surface area contributed by atoms with Gasteiger partial charge in [0, 0.05) is 42.7 Å². The SMILES string of the molecule is O=C(c1cc2c(s1)-c1ccccc1S(=O)(=O)C2)N1CCN(C2CCCCC2)CC1. The highest BCUT2D eigenvalue weighted by atomic mass is 32.2. The van der Waals surface area contributed by atoms with Gasteiger partial charge in [-0.1, -0.05) is 37.5 Å². The van der Waals surface area contributed by atoms with Crippen molar-refractivity contribution in [2.45, 2.75) is 48.8 Å². The van der Waals surface area contributed by atoms with Gasteiger partial charge in [0.25, 0.3) is 5.91 Å². The molecule has 1 amide bonds. The minimum atomic E-state index is -3.34. The van der Waals surface area contributed by atoms with E-state index in [-0.39, 0.29) is 11.7 Å². The third kappa shape index (κ3) is 3.53. The Morgan fingerprint density at radius 3 is 2.48 bits per heavy atom. The summed E-state index contributed by atoms with van der Waals surface area (Å²) in [6.07, 6.45) is 6.60. The maximum atomic E-state index is 13.1. The molecule has 1 aromatic heterocycles. The fraction of sp³-hybridized carbons (Fsp3) is 0.500. The first-order valence-corrected chi connectivity index (χ1v) is 13.0. The Kier molecular flexibility index (Phi) is 5.00. The van der Waals surface area contributed by atoms with Crippen LogP contribution in [0.5, 0.6) is 0 Å². The second-order valence-corrected chi connectivity index (χ2v) is 11.4. The van der Waals surface area contributed by atoms with Crippen LogP contribution < -0.4 is 0 Å². The highest BCUT2D eigenvalue weighted by Gasteiger charge is 2.32. The number of carbonyl (C=O) groups excluding carboxylic acids is 1. The van der Waals surface area contributed by atoms with Crippen molar-refractivity contribution in [2.75, 3.05) is 26.2 Å². The van der Waals surface area contributed by atoms with Crippen LogP contribution in [0.25, 0.3) is 10.4 Å². The second-order valence-electron chi connectivity index (χ2n) is 8.34. The van der Waals surface area contributed by atoms with E-state index in [4.69, 9.17) is 0 Å². The van der Waals surface area contributed by atoms with Gasteiger partial charge in [-0.3, -0.25) is 9.69 Å². The summed E-state index contributed by atoms with van der Waals surface area (Å²) in [7, 11) is -3.34. The van der Waals surface area contributed by atoms with Gasteiger partial charge in [0.1, 0.15) is 0 Å². The van der Waals surface area contributed by atoms with Crippen LogP contribution in [0.1, 0.15) is 47.3 Å². The zero-order chi connectivity index (χ0) is 20.0. The van der Waals surface area contributed by atoms with E-state index in [1.165, 1.54) is 43.4 Å². The molecule has 7 heteroatoms. The molecule has 1 saturated carbocycles. The molecule has 2 fully saturated rings. The van der Waals surface area contributed by atoms with E-state index >= 15 is 0 Å². The van der Waals surface area contributed by atoms with Crippen LogP contribution in [0.15, 0.2) is 35.2 Å². The monoisotopic (exact) mass is 430 g/mol. The van der Waals surface area contributed by atoms with Gasteiger partial charge in [-0.25, -0.2) is 8.42 Å². The molecule has 5 nitrogen and oxygen atoms in total. The van der Waals surface area contributed by atoms with Gasteiger partial charge in [-0.05, 0) is 30.5 Å². The van der Waals surface area contributed by atoms with Crippen LogP contribution in [0.4, 0.5) is 0 Å². The molecule has 5 rings (SSSR count). The molecule has 3 heterocycles. The normalized spacial score (nSPS) is 22.1. The fourth-order valence-corrected chi connectivity index (χ4v) is 7.90. The smallest absolute Gasteiger partial charge is 0.264 e. The molecule has 2 aromatic rings. The lowest BCUT2D eigenvalue weighted by molar-refractivity contribution is 0.0527. The van der Waals surface area contributed by atoms with E-state index in [9.17, 15) is 13.2 Å². The molecule has 3 aliphatic rings. The molecular formula is C22H26N2O3S2. The van der Waals surface area contributed by atoms with Crippen molar-refractivity contribution in [1.29, 1.82) is 0 Å². The van der Waals surface area contributed by atoms with Gasteiger partial charge < -0.3 is 4.90 Å². The highest BCUT2D eigenvalue weighted by Crippen LogP contribution is 2.43. The molecular weight excluding hydrogens is 404 g/mol. The quantitative estimate of drug-likeness (QED) is 0.727. The van der Waals surface area contributed by atoms with Gasteiger partial charge in [0.2, 0.25) is 0 Å². The number of benzene rings is 1. The number of rotatable bonds is 2. The molecule has 0 N–H and O–H groups in total. The molecule has 2 aliphatic heterocycles. The summed E-state index contributed by atoms with van der Waals surface area (Å²) in [6, 6.07) is 9.63.